The molecule has 192 valence electrons. The first kappa shape index (κ1) is 26.3. The van der Waals surface area contributed by atoms with Gasteiger partial charge in [0.1, 0.15) is 18.4 Å². The zero-order chi connectivity index (χ0) is 26.5. The lowest BCUT2D eigenvalue weighted by Crippen LogP contribution is -2.33. The smallest absolute Gasteiger partial charge is 0.345 e. The summed E-state index contributed by atoms with van der Waals surface area (Å²) in [6.07, 6.45) is 3.19. The van der Waals surface area contributed by atoms with E-state index in [1.54, 1.807) is 30.5 Å². The Morgan fingerprint density at radius 1 is 1.05 bits per heavy atom. The number of esters is 2. The molecule has 1 heterocycles. The highest BCUT2D eigenvalue weighted by Crippen LogP contribution is 2.33. The summed E-state index contributed by atoms with van der Waals surface area (Å²) >= 11 is 1.30. The molecule has 1 fully saturated rings. The topological polar surface area (TPSA) is 108 Å². The molecule has 3 aromatic carbocycles. The fraction of sp³-hybridized carbons (Fsp3) is 0.222. The molecule has 7 nitrogen and oxygen atoms in total. The largest absolute Gasteiger partial charge is 0.489 e. The summed E-state index contributed by atoms with van der Waals surface area (Å²) in [6, 6.07) is 12.6. The van der Waals surface area contributed by atoms with Gasteiger partial charge in [-0.1, -0.05) is 12.1 Å². The third-order valence-electron chi connectivity index (χ3n) is 5.95. The van der Waals surface area contributed by atoms with Crippen molar-refractivity contribution in [1.29, 1.82) is 0 Å². The number of carbonyl (C=O) groups is 3. The zero-order valence-corrected chi connectivity index (χ0v) is 20.7. The van der Waals surface area contributed by atoms with Crippen LogP contribution in [0, 0.1) is 11.6 Å². The Morgan fingerprint density at radius 3 is 2.43 bits per heavy atom. The molecular formula is C27H24F2N2O5S. The van der Waals surface area contributed by atoms with Gasteiger partial charge in [0.25, 0.3) is 0 Å². The van der Waals surface area contributed by atoms with Gasteiger partial charge in [-0.15, -0.1) is 11.8 Å². The molecule has 0 spiro atoms. The molecule has 0 aliphatic carbocycles. The number of amides is 1. The maximum Gasteiger partial charge on any atom is 0.345 e. The summed E-state index contributed by atoms with van der Waals surface area (Å²) in [5.41, 5.74) is 7.25. The number of hydrogen-bond acceptors (Lipinski definition) is 7. The van der Waals surface area contributed by atoms with E-state index in [-0.39, 0.29) is 17.7 Å². The van der Waals surface area contributed by atoms with Crippen LogP contribution >= 0.6 is 11.8 Å². The molecule has 1 aliphatic rings. The van der Waals surface area contributed by atoms with Gasteiger partial charge in [-0.05, 0) is 79.2 Å². The van der Waals surface area contributed by atoms with Crippen molar-refractivity contribution in [3.63, 3.8) is 0 Å². The number of primary amides is 1. The van der Waals surface area contributed by atoms with Crippen LogP contribution in [-0.4, -0.2) is 36.7 Å². The Balaban J connectivity index is 1.49. The van der Waals surface area contributed by atoms with E-state index in [1.807, 2.05) is 0 Å². The Labute approximate surface area is 216 Å². The Bertz CT molecular complexity index is 1340. The molecule has 4 rings (SSSR count). The SMILES string of the molecule is CSc1cc(F)c(F)cc1-c1ccc(OCc2cc(C(=O)OC(=O)C3CCCN3)ccc2C(N)=O)cc1. The van der Waals surface area contributed by atoms with E-state index >= 15 is 0 Å². The van der Waals surface area contributed by atoms with Crippen LogP contribution in [0.3, 0.4) is 0 Å². The van der Waals surface area contributed by atoms with Gasteiger partial charge in [0, 0.05) is 16.0 Å². The molecule has 37 heavy (non-hydrogen) atoms. The van der Waals surface area contributed by atoms with Gasteiger partial charge < -0.3 is 20.5 Å². The van der Waals surface area contributed by atoms with Crippen molar-refractivity contribution in [2.75, 3.05) is 12.8 Å². The Morgan fingerprint density at radius 2 is 1.78 bits per heavy atom. The summed E-state index contributed by atoms with van der Waals surface area (Å²) < 4.78 is 38.2. The molecule has 1 atom stereocenters. The number of carbonyl (C=O) groups excluding carboxylic acids is 3. The molecule has 0 aromatic heterocycles. The number of halogens is 2. The van der Waals surface area contributed by atoms with Crippen LogP contribution in [0.25, 0.3) is 11.1 Å². The second-order valence-corrected chi connectivity index (χ2v) is 9.22. The van der Waals surface area contributed by atoms with Gasteiger partial charge in [0.05, 0.1) is 5.56 Å². The fourth-order valence-electron chi connectivity index (χ4n) is 4.00. The van der Waals surface area contributed by atoms with Gasteiger partial charge in [-0.25, -0.2) is 18.4 Å². The number of nitrogens with one attached hydrogen (secondary N) is 1. The maximum absolute atomic E-state index is 13.8. The summed E-state index contributed by atoms with van der Waals surface area (Å²) in [7, 11) is 0. The minimum atomic E-state index is -0.938. The predicted molar refractivity (Wildman–Crippen MR) is 134 cm³/mol. The lowest BCUT2D eigenvalue weighted by molar-refractivity contribution is -0.139. The van der Waals surface area contributed by atoms with Crippen LogP contribution in [0.5, 0.6) is 5.75 Å². The number of hydrogen-bond donors (Lipinski definition) is 2. The van der Waals surface area contributed by atoms with E-state index in [4.69, 9.17) is 15.2 Å². The van der Waals surface area contributed by atoms with Gasteiger partial charge in [0.15, 0.2) is 11.6 Å². The van der Waals surface area contributed by atoms with E-state index in [9.17, 15) is 23.2 Å². The minimum absolute atomic E-state index is 0.0771. The molecule has 0 bridgehead atoms. The van der Waals surface area contributed by atoms with Crippen LogP contribution in [0.2, 0.25) is 0 Å². The van der Waals surface area contributed by atoms with E-state index in [0.29, 0.717) is 40.3 Å². The summed E-state index contributed by atoms with van der Waals surface area (Å²) in [6.45, 7) is 0.585. The van der Waals surface area contributed by atoms with Gasteiger partial charge in [-0.3, -0.25) is 4.79 Å². The molecule has 1 aliphatic heterocycles. The van der Waals surface area contributed by atoms with Crippen LogP contribution in [0.15, 0.2) is 59.5 Å². The molecule has 3 N–H and O–H groups in total. The van der Waals surface area contributed by atoms with E-state index in [0.717, 1.165) is 18.6 Å². The first-order valence-electron chi connectivity index (χ1n) is 11.4. The summed E-state index contributed by atoms with van der Waals surface area (Å²) in [4.78, 5) is 37.2. The second kappa shape index (κ2) is 11.5. The van der Waals surface area contributed by atoms with Crippen molar-refractivity contribution in [1.82, 2.24) is 5.32 Å². The zero-order valence-electron chi connectivity index (χ0n) is 19.9. The quantitative estimate of drug-likeness (QED) is 0.253. The van der Waals surface area contributed by atoms with Crippen molar-refractivity contribution in [2.24, 2.45) is 5.73 Å². The van der Waals surface area contributed by atoms with Gasteiger partial charge in [-0.2, -0.15) is 0 Å². The lowest BCUT2D eigenvalue weighted by Gasteiger charge is -2.13. The number of rotatable bonds is 8. The Hall–Kier alpha value is -3.76. The number of thioether (sulfide) groups is 1. The number of benzene rings is 3. The van der Waals surface area contributed by atoms with Gasteiger partial charge in [0.2, 0.25) is 5.91 Å². The average molecular weight is 527 g/mol. The van der Waals surface area contributed by atoms with Crippen molar-refractivity contribution < 1.29 is 32.6 Å². The number of nitrogens with two attached hydrogens (primary N) is 1. The van der Waals surface area contributed by atoms with Crippen LogP contribution < -0.4 is 15.8 Å². The third kappa shape index (κ3) is 6.15. The minimum Gasteiger partial charge on any atom is -0.489 e. The van der Waals surface area contributed by atoms with Crippen molar-refractivity contribution in [2.45, 2.75) is 30.4 Å². The summed E-state index contributed by atoms with van der Waals surface area (Å²) in [5.74, 6) is -3.61. The normalized spacial score (nSPS) is 14.8. The highest BCUT2D eigenvalue weighted by Gasteiger charge is 2.26. The van der Waals surface area contributed by atoms with E-state index < -0.39 is 35.5 Å². The highest BCUT2D eigenvalue weighted by molar-refractivity contribution is 7.98. The highest BCUT2D eigenvalue weighted by atomic mass is 32.2. The van der Waals surface area contributed by atoms with Crippen molar-refractivity contribution in [3.8, 4) is 16.9 Å². The van der Waals surface area contributed by atoms with Crippen LogP contribution in [-0.2, 0) is 16.1 Å². The first-order chi connectivity index (χ1) is 17.8. The number of ether oxygens (including phenoxy) is 2. The third-order valence-corrected chi connectivity index (χ3v) is 6.72. The van der Waals surface area contributed by atoms with Crippen molar-refractivity contribution >= 4 is 29.6 Å². The molecule has 3 aromatic rings. The van der Waals surface area contributed by atoms with E-state index in [1.165, 1.54) is 30.0 Å². The Kier molecular flexibility index (Phi) is 8.20. The monoisotopic (exact) mass is 526 g/mol. The van der Waals surface area contributed by atoms with Crippen LogP contribution in [0.4, 0.5) is 8.78 Å². The lowest BCUT2D eigenvalue weighted by atomic mass is 10.0. The van der Waals surface area contributed by atoms with E-state index in [2.05, 4.69) is 5.32 Å². The van der Waals surface area contributed by atoms with Crippen molar-refractivity contribution in [3.05, 3.63) is 82.9 Å². The van der Waals surface area contributed by atoms with Gasteiger partial charge >= 0.3 is 11.9 Å². The molecular weight excluding hydrogens is 502 g/mol. The molecule has 1 unspecified atom stereocenters. The molecule has 0 saturated carbocycles. The maximum atomic E-state index is 13.8. The fourth-order valence-corrected chi connectivity index (χ4v) is 4.62. The first-order valence-corrected chi connectivity index (χ1v) is 12.7. The summed E-state index contributed by atoms with van der Waals surface area (Å²) in [5, 5.41) is 2.97. The van der Waals surface area contributed by atoms with Crippen LogP contribution in [0.1, 0.15) is 39.1 Å². The molecule has 10 heteroatoms. The second-order valence-electron chi connectivity index (χ2n) is 8.37. The average Bonchev–Trinajstić information content (AvgIpc) is 3.44. The standard InChI is InChI=1S/C27H24F2N2O5S/c1-37-24-13-22(29)21(28)12-20(24)15-4-7-18(8-5-15)35-14-17-11-16(6-9-19(17)25(30)32)26(33)36-27(34)23-3-2-10-31-23/h4-9,11-13,23,31H,2-3,10,14H2,1H3,(H2,30,32). The predicted octanol–water partition coefficient (Wildman–Crippen LogP) is 4.47. The molecule has 0 radical (unpaired) electrons. The molecule has 1 amide bonds. The molecule has 1 saturated heterocycles.